The first-order valence-electron chi connectivity index (χ1n) is 6.35. The lowest BCUT2D eigenvalue weighted by molar-refractivity contribution is -0.132. The summed E-state index contributed by atoms with van der Waals surface area (Å²) in [5.41, 5.74) is 3.74. The molecule has 2 atom stereocenters. The van der Waals surface area contributed by atoms with Crippen LogP contribution < -0.4 is 11.1 Å². The lowest BCUT2D eigenvalue weighted by Crippen LogP contribution is -2.65. The molecule has 0 aromatic heterocycles. The van der Waals surface area contributed by atoms with E-state index < -0.39 is 36.8 Å². The Balaban J connectivity index is 2.74. The molecule has 1 rings (SSSR count). The third-order valence-corrected chi connectivity index (χ3v) is 3.77. The molecule has 1 fully saturated rings. The molecule has 1 amide bonds. The van der Waals surface area contributed by atoms with E-state index in [1.54, 1.807) is 0 Å². The van der Waals surface area contributed by atoms with Gasteiger partial charge in [0, 0.05) is 0 Å². The number of aliphatic hydroxyl groups is 3. The van der Waals surface area contributed by atoms with Crippen molar-refractivity contribution in [3.05, 3.63) is 0 Å². The molecule has 0 aromatic rings. The number of carbonyl (C=O) groups is 1. The minimum Gasteiger partial charge on any atom is -0.394 e. The first-order chi connectivity index (χ1) is 8.41. The Hall–Kier alpha value is -0.690. The molecule has 6 nitrogen and oxygen atoms in total. The number of nitrogens with two attached hydrogens (primary N) is 1. The second kappa shape index (κ2) is 5.97. The van der Waals surface area contributed by atoms with Gasteiger partial charge in [-0.2, -0.15) is 0 Å². The van der Waals surface area contributed by atoms with Crippen LogP contribution in [0.1, 0.15) is 32.6 Å². The SMILES string of the molecule is CC1CCCC(N)(C(=O)NC(CO)(CO)CO)C1. The molecule has 6 heteroatoms. The van der Waals surface area contributed by atoms with E-state index in [-0.39, 0.29) is 0 Å². The molecule has 1 aliphatic carbocycles. The summed E-state index contributed by atoms with van der Waals surface area (Å²) in [7, 11) is 0. The van der Waals surface area contributed by atoms with Gasteiger partial charge in [0.25, 0.3) is 0 Å². The lowest BCUT2D eigenvalue weighted by Gasteiger charge is -2.39. The summed E-state index contributed by atoms with van der Waals surface area (Å²) in [5.74, 6) is -0.0347. The molecule has 0 spiro atoms. The number of rotatable bonds is 5. The van der Waals surface area contributed by atoms with E-state index >= 15 is 0 Å². The van der Waals surface area contributed by atoms with Crippen LogP contribution in [0.3, 0.4) is 0 Å². The Morgan fingerprint density at radius 1 is 1.39 bits per heavy atom. The zero-order valence-corrected chi connectivity index (χ0v) is 10.9. The largest absolute Gasteiger partial charge is 0.394 e. The zero-order chi connectivity index (χ0) is 13.8. The maximum atomic E-state index is 12.2. The number of amides is 1. The Bertz CT molecular complexity index is 286. The zero-order valence-electron chi connectivity index (χ0n) is 10.9. The molecule has 1 saturated carbocycles. The van der Waals surface area contributed by atoms with Gasteiger partial charge in [0.2, 0.25) is 5.91 Å². The van der Waals surface area contributed by atoms with E-state index in [1.165, 1.54) is 0 Å². The van der Waals surface area contributed by atoms with Gasteiger partial charge in [-0.25, -0.2) is 0 Å². The summed E-state index contributed by atoms with van der Waals surface area (Å²) in [6.45, 7) is 0.456. The molecule has 18 heavy (non-hydrogen) atoms. The van der Waals surface area contributed by atoms with Crippen LogP contribution in [0.5, 0.6) is 0 Å². The van der Waals surface area contributed by atoms with E-state index in [0.29, 0.717) is 18.8 Å². The topological polar surface area (TPSA) is 116 Å². The minimum absolute atomic E-state index is 0.376. The maximum absolute atomic E-state index is 12.2. The second-order valence-corrected chi connectivity index (χ2v) is 5.57. The highest BCUT2D eigenvalue weighted by Crippen LogP contribution is 2.30. The van der Waals surface area contributed by atoms with Crippen molar-refractivity contribution in [2.24, 2.45) is 11.7 Å². The van der Waals surface area contributed by atoms with Crippen LogP contribution in [-0.4, -0.2) is 52.1 Å². The summed E-state index contributed by atoms with van der Waals surface area (Å²) in [6, 6.07) is 0. The number of hydrogen-bond donors (Lipinski definition) is 5. The molecule has 6 N–H and O–H groups in total. The van der Waals surface area contributed by atoms with Gasteiger partial charge in [0.05, 0.1) is 25.4 Å². The summed E-state index contributed by atoms with van der Waals surface area (Å²) in [4.78, 5) is 12.2. The quantitative estimate of drug-likeness (QED) is 0.422. The van der Waals surface area contributed by atoms with Crippen LogP contribution in [-0.2, 0) is 4.79 Å². The van der Waals surface area contributed by atoms with Gasteiger partial charge in [-0.3, -0.25) is 4.79 Å². The van der Waals surface area contributed by atoms with Crippen molar-refractivity contribution in [2.75, 3.05) is 19.8 Å². The molecule has 0 aromatic carbocycles. The Morgan fingerprint density at radius 2 is 1.94 bits per heavy atom. The molecular weight excluding hydrogens is 236 g/mol. The molecule has 0 radical (unpaired) electrons. The summed E-state index contributed by atoms with van der Waals surface area (Å²) in [6.07, 6.45) is 3.10. The van der Waals surface area contributed by atoms with Crippen molar-refractivity contribution in [1.82, 2.24) is 5.32 Å². The number of hydrogen-bond acceptors (Lipinski definition) is 5. The van der Waals surface area contributed by atoms with Crippen LogP contribution in [0.25, 0.3) is 0 Å². The average Bonchev–Trinajstić information content (AvgIpc) is 2.35. The standard InChI is InChI=1S/C12H24N2O4/c1-9-3-2-4-12(13,5-9)10(18)14-11(6-15,7-16)8-17/h9,15-17H,2-8,13H2,1H3,(H,14,18). The monoisotopic (exact) mass is 260 g/mol. The first-order valence-corrected chi connectivity index (χ1v) is 6.35. The average molecular weight is 260 g/mol. The van der Waals surface area contributed by atoms with E-state index in [2.05, 4.69) is 5.32 Å². The molecular formula is C12H24N2O4. The Labute approximate surface area is 107 Å². The Kier molecular flexibility index (Phi) is 5.10. The molecule has 0 saturated heterocycles. The fraction of sp³-hybridized carbons (Fsp3) is 0.917. The van der Waals surface area contributed by atoms with Crippen LogP contribution in [0.15, 0.2) is 0 Å². The molecule has 2 unspecified atom stereocenters. The summed E-state index contributed by atoms with van der Waals surface area (Å²) < 4.78 is 0. The fourth-order valence-electron chi connectivity index (χ4n) is 2.43. The predicted octanol–water partition coefficient (Wildman–Crippen LogP) is -1.27. The normalized spacial score (nSPS) is 29.1. The minimum atomic E-state index is -1.40. The van der Waals surface area contributed by atoms with Crippen molar-refractivity contribution in [1.29, 1.82) is 0 Å². The first kappa shape index (κ1) is 15.4. The second-order valence-electron chi connectivity index (χ2n) is 5.57. The highest BCUT2D eigenvalue weighted by molar-refractivity contribution is 5.86. The summed E-state index contributed by atoms with van der Waals surface area (Å²) in [5, 5.41) is 30.0. The van der Waals surface area contributed by atoms with Crippen LogP contribution in [0.2, 0.25) is 0 Å². The fourth-order valence-corrected chi connectivity index (χ4v) is 2.43. The molecule has 0 heterocycles. The van der Waals surface area contributed by atoms with Crippen LogP contribution in [0, 0.1) is 5.92 Å². The molecule has 0 aliphatic heterocycles. The van der Waals surface area contributed by atoms with Gasteiger partial charge >= 0.3 is 0 Å². The van der Waals surface area contributed by atoms with Gasteiger partial charge in [0.1, 0.15) is 5.54 Å². The number of nitrogens with one attached hydrogen (secondary N) is 1. The van der Waals surface area contributed by atoms with E-state index in [1.807, 2.05) is 6.92 Å². The van der Waals surface area contributed by atoms with E-state index in [9.17, 15) is 20.1 Å². The van der Waals surface area contributed by atoms with Crippen molar-refractivity contribution in [3.8, 4) is 0 Å². The van der Waals surface area contributed by atoms with Crippen molar-refractivity contribution in [3.63, 3.8) is 0 Å². The van der Waals surface area contributed by atoms with Crippen molar-refractivity contribution >= 4 is 5.91 Å². The molecule has 1 aliphatic rings. The number of carbonyl (C=O) groups excluding carboxylic acids is 1. The highest BCUT2D eigenvalue weighted by atomic mass is 16.3. The number of aliphatic hydroxyl groups excluding tert-OH is 3. The molecule has 0 bridgehead atoms. The smallest absolute Gasteiger partial charge is 0.240 e. The van der Waals surface area contributed by atoms with Gasteiger partial charge in [0.15, 0.2) is 0 Å². The van der Waals surface area contributed by atoms with Crippen molar-refractivity contribution in [2.45, 2.75) is 43.7 Å². The highest BCUT2D eigenvalue weighted by Gasteiger charge is 2.41. The maximum Gasteiger partial charge on any atom is 0.240 e. The third kappa shape index (κ3) is 3.20. The van der Waals surface area contributed by atoms with Gasteiger partial charge < -0.3 is 26.4 Å². The van der Waals surface area contributed by atoms with Crippen LogP contribution >= 0.6 is 0 Å². The van der Waals surface area contributed by atoms with E-state index in [4.69, 9.17) is 5.73 Å². The van der Waals surface area contributed by atoms with Gasteiger partial charge in [-0.1, -0.05) is 19.8 Å². The Morgan fingerprint density at radius 3 is 2.39 bits per heavy atom. The third-order valence-electron chi connectivity index (χ3n) is 3.77. The van der Waals surface area contributed by atoms with Crippen LogP contribution in [0.4, 0.5) is 0 Å². The lowest BCUT2D eigenvalue weighted by atomic mass is 9.76. The van der Waals surface area contributed by atoms with Crippen molar-refractivity contribution < 1.29 is 20.1 Å². The summed E-state index contributed by atoms with van der Waals surface area (Å²) >= 11 is 0. The van der Waals surface area contributed by atoms with Gasteiger partial charge in [-0.15, -0.1) is 0 Å². The van der Waals surface area contributed by atoms with E-state index in [0.717, 1.165) is 12.8 Å². The van der Waals surface area contributed by atoms with Gasteiger partial charge in [-0.05, 0) is 18.8 Å². The molecule has 106 valence electrons. The predicted molar refractivity (Wildman–Crippen MR) is 66.7 cm³/mol.